The molecule has 0 unspecified atom stereocenters. The van der Waals surface area contributed by atoms with Crippen LogP contribution in [-0.4, -0.2) is 31.3 Å². The number of carbonyl (C=O) groups excluding carboxylic acids is 1. The summed E-state index contributed by atoms with van der Waals surface area (Å²) in [5.74, 6) is 1.24. The monoisotopic (exact) mass is 344 g/mol. The highest BCUT2D eigenvalue weighted by atomic mass is 32.2. The predicted molar refractivity (Wildman–Crippen MR) is 93.0 cm³/mol. The lowest BCUT2D eigenvalue weighted by Crippen LogP contribution is -2.02. The lowest BCUT2D eigenvalue weighted by Gasteiger charge is -2.02. The summed E-state index contributed by atoms with van der Waals surface area (Å²) in [7, 11) is 1.90. The lowest BCUT2D eigenvalue weighted by molar-refractivity contribution is 0.102. The van der Waals surface area contributed by atoms with Gasteiger partial charge in [-0.05, 0) is 30.7 Å². The number of thiophene rings is 1. The quantitative estimate of drug-likeness (QED) is 0.506. The Morgan fingerprint density at radius 3 is 2.87 bits per heavy atom. The van der Waals surface area contributed by atoms with Crippen LogP contribution in [0.15, 0.2) is 41.8 Å². The third-order valence-electron chi connectivity index (χ3n) is 3.37. The lowest BCUT2D eigenvalue weighted by atomic mass is 10.3. The molecule has 0 aliphatic heterocycles. The highest BCUT2D eigenvalue weighted by molar-refractivity contribution is 7.99. The molecule has 3 aromatic heterocycles. The standard InChI is InChI=1S/C16H16N4OS2/c1-3-12-6-7-14(23-12)13(21)10-22-16-19-18-15(20(16)2)11-5-4-8-17-9-11/h4-9H,3,10H2,1-2H3. The molecule has 0 aliphatic carbocycles. The van der Waals surface area contributed by atoms with E-state index < -0.39 is 0 Å². The summed E-state index contributed by atoms with van der Waals surface area (Å²) >= 11 is 2.98. The topological polar surface area (TPSA) is 60.7 Å². The van der Waals surface area contributed by atoms with E-state index in [4.69, 9.17) is 0 Å². The Balaban J connectivity index is 1.69. The van der Waals surface area contributed by atoms with Gasteiger partial charge in [-0.3, -0.25) is 9.78 Å². The number of ketones is 1. The molecule has 0 aromatic carbocycles. The Labute approximate surface area is 142 Å². The van der Waals surface area contributed by atoms with Crippen LogP contribution in [0.5, 0.6) is 0 Å². The molecule has 3 heterocycles. The first-order valence-electron chi connectivity index (χ1n) is 7.23. The average Bonchev–Trinajstić information content (AvgIpc) is 3.20. The normalized spacial score (nSPS) is 10.9. The zero-order valence-corrected chi connectivity index (χ0v) is 14.5. The second-order valence-electron chi connectivity index (χ2n) is 4.94. The van der Waals surface area contributed by atoms with E-state index in [1.165, 1.54) is 16.6 Å². The first-order valence-corrected chi connectivity index (χ1v) is 9.03. The van der Waals surface area contributed by atoms with Gasteiger partial charge in [-0.1, -0.05) is 18.7 Å². The van der Waals surface area contributed by atoms with Gasteiger partial charge in [-0.25, -0.2) is 0 Å². The van der Waals surface area contributed by atoms with Gasteiger partial charge in [0.25, 0.3) is 0 Å². The smallest absolute Gasteiger partial charge is 0.191 e. The summed E-state index contributed by atoms with van der Waals surface area (Å²) in [5, 5.41) is 9.10. The van der Waals surface area contributed by atoms with E-state index in [0.29, 0.717) is 5.75 Å². The largest absolute Gasteiger partial charge is 0.305 e. The zero-order chi connectivity index (χ0) is 16.2. The van der Waals surface area contributed by atoms with E-state index in [1.54, 1.807) is 23.7 Å². The molecular weight excluding hydrogens is 328 g/mol. The van der Waals surface area contributed by atoms with Gasteiger partial charge in [-0.15, -0.1) is 21.5 Å². The Kier molecular flexibility index (Phi) is 4.88. The zero-order valence-electron chi connectivity index (χ0n) is 12.9. The van der Waals surface area contributed by atoms with Crippen molar-refractivity contribution in [2.24, 2.45) is 7.05 Å². The molecule has 23 heavy (non-hydrogen) atoms. The number of hydrogen-bond acceptors (Lipinski definition) is 6. The van der Waals surface area contributed by atoms with Crippen molar-refractivity contribution in [3.05, 3.63) is 46.4 Å². The second-order valence-corrected chi connectivity index (χ2v) is 7.05. The SMILES string of the molecule is CCc1ccc(C(=O)CSc2nnc(-c3cccnc3)n2C)s1. The van der Waals surface area contributed by atoms with Gasteiger partial charge in [0.1, 0.15) is 0 Å². The molecule has 0 fully saturated rings. The van der Waals surface area contributed by atoms with Crippen LogP contribution in [0.3, 0.4) is 0 Å². The Morgan fingerprint density at radius 2 is 2.17 bits per heavy atom. The minimum atomic E-state index is 0.130. The third-order valence-corrected chi connectivity index (χ3v) is 5.66. The van der Waals surface area contributed by atoms with Crippen LogP contribution in [0.25, 0.3) is 11.4 Å². The molecule has 3 aromatic rings. The summed E-state index contributed by atoms with van der Waals surface area (Å²) in [6, 6.07) is 7.73. The van der Waals surface area contributed by atoms with Gasteiger partial charge < -0.3 is 4.57 Å². The summed E-state index contributed by atoms with van der Waals surface area (Å²) in [6.45, 7) is 2.09. The van der Waals surface area contributed by atoms with Crippen molar-refractivity contribution in [1.82, 2.24) is 19.7 Å². The van der Waals surface area contributed by atoms with Gasteiger partial charge >= 0.3 is 0 Å². The van der Waals surface area contributed by atoms with Gasteiger partial charge in [0.2, 0.25) is 0 Å². The second kappa shape index (κ2) is 7.06. The number of rotatable bonds is 6. The molecule has 0 amide bonds. The van der Waals surface area contributed by atoms with Crippen molar-refractivity contribution in [1.29, 1.82) is 0 Å². The summed E-state index contributed by atoms with van der Waals surface area (Å²) in [6.07, 6.45) is 4.43. The van der Waals surface area contributed by atoms with E-state index in [-0.39, 0.29) is 5.78 Å². The molecule has 0 atom stereocenters. The van der Waals surface area contributed by atoms with Crippen LogP contribution in [0.2, 0.25) is 0 Å². The summed E-state index contributed by atoms with van der Waals surface area (Å²) in [5.41, 5.74) is 0.909. The van der Waals surface area contributed by atoms with Crippen molar-refractivity contribution >= 4 is 28.9 Å². The van der Waals surface area contributed by atoms with Crippen molar-refractivity contribution in [2.45, 2.75) is 18.5 Å². The van der Waals surface area contributed by atoms with Gasteiger partial charge in [0, 0.05) is 29.9 Å². The average molecular weight is 344 g/mol. The Morgan fingerprint density at radius 1 is 1.30 bits per heavy atom. The number of hydrogen-bond donors (Lipinski definition) is 0. The van der Waals surface area contributed by atoms with E-state index in [2.05, 4.69) is 22.1 Å². The van der Waals surface area contributed by atoms with E-state index in [0.717, 1.165) is 27.8 Å². The fraction of sp³-hybridized carbons (Fsp3) is 0.250. The number of nitrogens with zero attached hydrogens (tertiary/aromatic N) is 4. The number of pyridine rings is 1. The van der Waals surface area contributed by atoms with Crippen molar-refractivity contribution < 1.29 is 4.79 Å². The van der Waals surface area contributed by atoms with Crippen LogP contribution < -0.4 is 0 Å². The molecular formula is C16H16N4OS2. The summed E-state index contributed by atoms with van der Waals surface area (Å²) < 4.78 is 1.89. The number of carbonyl (C=O) groups is 1. The van der Waals surface area contributed by atoms with Gasteiger partial charge in [0.15, 0.2) is 16.8 Å². The maximum atomic E-state index is 12.3. The molecule has 0 saturated carbocycles. The molecule has 118 valence electrons. The molecule has 0 N–H and O–H groups in total. The van der Waals surface area contributed by atoms with E-state index >= 15 is 0 Å². The minimum Gasteiger partial charge on any atom is -0.305 e. The van der Waals surface area contributed by atoms with Gasteiger partial charge in [-0.2, -0.15) is 0 Å². The minimum absolute atomic E-state index is 0.130. The van der Waals surface area contributed by atoms with Crippen LogP contribution >= 0.6 is 23.1 Å². The molecule has 0 radical (unpaired) electrons. The molecule has 7 heteroatoms. The van der Waals surface area contributed by atoms with Gasteiger partial charge in [0.05, 0.1) is 10.6 Å². The first-order chi connectivity index (χ1) is 11.2. The fourth-order valence-electron chi connectivity index (χ4n) is 2.11. The van der Waals surface area contributed by atoms with Crippen molar-refractivity contribution in [3.63, 3.8) is 0 Å². The highest BCUT2D eigenvalue weighted by Crippen LogP contribution is 2.24. The van der Waals surface area contributed by atoms with Crippen LogP contribution in [0.4, 0.5) is 0 Å². The maximum Gasteiger partial charge on any atom is 0.191 e. The number of aromatic nitrogens is 4. The molecule has 0 bridgehead atoms. The number of aryl methyl sites for hydroxylation is 1. The van der Waals surface area contributed by atoms with Crippen LogP contribution in [-0.2, 0) is 13.5 Å². The Bertz CT molecular complexity index is 811. The van der Waals surface area contributed by atoms with Crippen molar-refractivity contribution in [2.75, 3.05) is 5.75 Å². The van der Waals surface area contributed by atoms with E-state index in [1.807, 2.05) is 35.9 Å². The van der Waals surface area contributed by atoms with Crippen LogP contribution in [0.1, 0.15) is 21.5 Å². The third kappa shape index (κ3) is 3.51. The van der Waals surface area contributed by atoms with Crippen LogP contribution in [0, 0.1) is 0 Å². The molecule has 0 spiro atoms. The molecule has 0 saturated heterocycles. The maximum absolute atomic E-state index is 12.3. The Hall–Kier alpha value is -1.99. The van der Waals surface area contributed by atoms with Crippen molar-refractivity contribution in [3.8, 4) is 11.4 Å². The fourth-order valence-corrected chi connectivity index (χ4v) is 3.88. The molecule has 3 rings (SSSR count). The number of thioether (sulfide) groups is 1. The highest BCUT2D eigenvalue weighted by Gasteiger charge is 2.14. The molecule has 0 aliphatic rings. The number of Topliss-reactive ketones (excluding diaryl/α,β-unsaturated/α-hetero) is 1. The first kappa shape index (κ1) is 15.9. The molecule has 5 nitrogen and oxygen atoms in total. The van der Waals surface area contributed by atoms with E-state index in [9.17, 15) is 4.79 Å². The summed E-state index contributed by atoms with van der Waals surface area (Å²) in [4.78, 5) is 18.4. The predicted octanol–water partition coefficient (Wildman–Crippen LogP) is 3.48.